The molecule has 1 aromatic carbocycles. The molecule has 0 aliphatic rings. The van der Waals surface area contributed by atoms with Crippen molar-refractivity contribution in [3.63, 3.8) is 0 Å². The van der Waals surface area contributed by atoms with Crippen LogP contribution in [-0.2, 0) is 16.6 Å². The van der Waals surface area contributed by atoms with E-state index < -0.39 is 10.0 Å². The Hall–Kier alpha value is -1.90. The van der Waals surface area contributed by atoms with Crippen LogP contribution in [0.2, 0.25) is 0 Å². The van der Waals surface area contributed by atoms with Crippen molar-refractivity contribution in [3.05, 3.63) is 46.3 Å². The van der Waals surface area contributed by atoms with Gasteiger partial charge in [0.1, 0.15) is 9.96 Å². The van der Waals surface area contributed by atoms with Gasteiger partial charge in [0.15, 0.2) is 0 Å². The quantitative estimate of drug-likeness (QED) is 0.770. The molecule has 118 valence electrons. The van der Waals surface area contributed by atoms with E-state index in [1.165, 1.54) is 19.2 Å². The summed E-state index contributed by atoms with van der Waals surface area (Å²) >= 11 is 0.889. The second kappa shape index (κ2) is 6.47. The summed E-state index contributed by atoms with van der Waals surface area (Å²) in [4.78, 5) is 12.3. The van der Waals surface area contributed by atoms with Crippen LogP contribution in [0.15, 0.2) is 34.5 Å². The highest BCUT2D eigenvalue weighted by atomic mass is 32.2. The number of hydrogen-bond acceptors (Lipinski definition) is 5. The highest BCUT2D eigenvalue weighted by Crippen LogP contribution is 2.22. The fourth-order valence-electron chi connectivity index (χ4n) is 1.77. The number of thiophene rings is 1. The van der Waals surface area contributed by atoms with E-state index in [1.54, 1.807) is 12.1 Å². The average molecular weight is 340 g/mol. The summed E-state index contributed by atoms with van der Waals surface area (Å²) in [5, 5.41) is 12.4. The number of aryl methyl sites for hydroxylation is 1. The Balaban J connectivity index is 2.07. The van der Waals surface area contributed by atoms with Gasteiger partial charge in [-0.2, -0.15) is 0 Å². The topological polar surface area (TPSA) is 95.5 Å². The van der Waals surface area contributed by atoms with Gasteiger partial charge in [0.05, 0.1) is 4.88 Å². The fraction of sp³-hybridized carbons (Fsp3) is 0.214. The first-order valence-corrected chi connectivity index (χ1v) is 8.73. The fourth-order valence-corrected chi connectivity index (χ4v) is 3.83. The number of aromatic hydroxyl groups is 1. The molecule has 0 radical (unpaired) electrons. The van der Waals surface area contributed by atoms with Crippen molar-refractivity contribution in [2.45, 2.75) is 17.7 Å². The minimum Gasteiger partial charge on any atom is -0.508 e. The highest BCUT2D eigenvalue weighted by molar-refractivity contribution is 7.91. The van der Waals surface area contributed by atoms with Crippen LogP contribution in [0.4, 0.5) is 0 Å². The summed E-state index contributed by atoms with van der Waals surface area (Å²) in [5.41, 5.74) is 1.52. The lowest BCUT2D eigenvalue weighted by Crippen LogP contribution is -2.22. The van der Waals surface area contributed by atoms with Crippen molar-refractivity contribution in [1.29, 1.82) is 0 Å². The van der Waals surface area contributed by atoms with Crippen LogP contribution in [0, 0.1) is 6.92 Å². The molecule has 0 fully saturated rings. The number of nitrogens with one attached hydrogen (secondary N) is 2. The van der Waals surface area contributed by atoms with Gasteiger partial charge in [-0.1, -0.05) is 12.1 Å². The molecule has 2 aromatic rings. The molecule has 3 N–H and O–H groups in total. The largest absolute Gasteiger partial charge is 0.508 e. The zero-order chi connectivity index (χ0) is 16.3. The standard InChI is InChI=1S/C14H16N2O4S2/c1-9-3-4-10(11(17)7-9)8-16-14(18)12-5-6-13(21-12)22(19,20)15-2/h3-7,15,17H,8H2,1-2H3,(H,16,18). The van der Waals surface area contributed by atoms with Crippen LogP contribution in [-0.4, -0.2) is 26.5 Å². The maximum absolute atomic E-state index is 12.0. The van der Waals surface area contributed by atoms with Crippen molar-refractivity contribution in [2.75, 3.05) is 7.05 Å². The minimum atomic E-state index is -3.54. The number of amides is 1. The highest BCUT2D eigenvalue weighted by Gasteiger charge is 2.17. The van der Waals surface area contributed by atoms with E-state index in [4.69, 9.17) is 0 Å². The maximum atomic E-state index is 12.0. The van der Waals surface area contributed by atoms with E-state index in [0.717, 1.165) is 16.9 Å². The van der Waals surface area contributed by atoms with E-state index >= 15 is 0 Å². The van der Waals surface area contributed by atoms with Crippen molar-refractivity contribution >= 4 is 27.3 Å². The van der Waals surface area contributed by atoms with Crippen molar-refractivity contribution in [2.24, 2.45) is 0 Å². The molecule has 2 rings (SSSR count). The molecule has 0 saturated heterocycles. The zero-order valence-corrected chi connectivity index (χ0v) is 13.7. The summed E-state index contributed by atoms with van der Waals surface area (Å²) in [6.45, 7) is 2.02. The third-order valence-corrected chi connectivity index (χ3v) is 6.01. The van der Waals surface area contributed by atoms with E-state index in [0.29, 0.717) is 10.4 Å². The molecular weight excluding hydrogens is 324 g/mol. The molecule has 1 amide bonds. The van der Waals surface area contributed by atoms with Crippen molar-refractivity contribution in [3.8, 4) is 5.75 Å². The van der Waals surface area contributed by atoms with Gasteiger partial charge in [0.2, 0.25) is 10.0 Å². The number of sulfonamides is 1. The van der Waals surface area contributed by atoms with E-state index in [-0.39, 0.29) is 22.4 Å². The Bertz CT molecular complexity index is 797. The molecule has 6 nitrogen and oxygen atoms in total. The molecule has 0 saturated carbocycles. The van der Waals surface area contributed by atoms with Gasteiger partial charge in [0.25, 0.3) is 5.91 Å². The number of rotatable bonds is 5. The van der Waals surface area contributed by atoms with Gasteiger partial charge in [-0.15, -0.1) is 11.3 Å². The predicted molar refractivity (Wildman–Crippen MR) is 84.6 cm³/mol. The van der Waals surface area contributed by atoms with Gasteiger partial charge in [-0.05, 0) is 37.7 Å². The Labute approximate surface area is 132 Å². The Kier molecular flexibility index (Phi) is 4.84. The first kappa shape index (κ1) is 16.5. The maximum Gasteiger partial charge on any atom is 0.261 e. The van der Waals surface area contributed by atoms with E-state index in [2.05, 4.69) is 10.0 Å². The molecule has 0 atom stereocenters. The molecule has 0 aliphatic carbocycles. The lowest BCUT2D eigenvalue weighted by atomic mass is 10.1. The zero-order valence-electron chi connectivity index (χ0n) is 12.1. The number of phenolic OH excluding ortho intramolecular Hbond substituents is 1. The van der Waals surface area contributed by atoms with Crippen LogP contribution in [0.3, 0.4) is 0 Å². The Morgan fingerprint density at radius 1 is 1.27 bits per heavy atom. The third kappa shape index (κ3) is 3.65. The normalized spacial score (nSPS) is 11.4. The second-order valence-electron chi connectivity index (χ2n) is 4.64. The molecule has 1 heterocycles. The first-order chi connectivity index (χ1) is 10.3. The smallest absolute Gasteiger partial charge is 0.261 e. The number of benzene rings is 1. The summed E-state index contributed by atoms with van der Waals surface area (Å²) < 4.78 is 25.5. The molecule has 1 aromatic heterocycles. The van der Waals surface area contributed by atoms with Crippen LogP contribution in [0.25, 0.3) is 0 Å². The van der Waals surface area contributed by atoms with Gasteiger partial charge >= 0.3 is 0 Å². The van der Waals surface area contributed by atoms with E-state index in [9.17, 15) is 18.3 Å². The molecular formula is C14H16N2O4S2. The summed E-state index contributed by atoms with van der Waals surface area (Å²) in [6.07, 6.45) is 0. The SMILES string of the molecule is CNS(=O)(=O)c1ccc(C(=O)NCc2ccc(C)cc2O)s1. The summed E-state index contributed by atoms with van der Waals surface area (Å²) in [6, 6.07) is 8.03. The van der Waals surface area contributed by atoms with Crippen LogP contribution < -0.4 is 10.0 Å². The van der Waals surface area contributed by atoms with Crippen LogP contribution in [0.1, 0.15) is 20.8 Å². The monoisotopic (exact) mass is 340 g/mol. The number of carbonyl (C=O) groups excluding carboxylic acids is 1. The first-order valence-electron chi connectivity index (χ1n) is 6.43. The molecule has 0 aliphatic heterocycles. The Morgan fingerprint density at radius 3 is 2.64 bits per heavy atom. The van der Waals surface area contributed by atoms with Crippen molar-refractivity contribution < 1.29 is 18.3 Å². The van der Waals surface area contributed by atoms with Crippen LogP contribution >= 0.6 is 11.3 Å². The minimum absolute atomic E-state index is 0.0818. The summed E-state index contributed by atoms with van der Waals surface area (Å²) in [7, 11) is -2.23. The number of carbonyl (C=O) groups is 1. The molecule has 0 spiro atoms. The van der Waals surface area contributed by atoms with Gasteiger partial charge in [-0.25, -0.2) is 13.1 Å². The number of hydrogen-bond donors (Lipinski definition) is 3. The van der Waals surface area contributed by atoms with Gasteiger partial charge in [0, 0.05) is 12.1 Å². The molecule has 8 heteroatoms. The predicted octanol–water partition coefficient (Wildman–Crippen LogP) is 1.60. The molecule has 0 bridgehead atoms. The molecule has 22 heavy (non-hydrogen) atoms. The lowest BCUT2D eigenvalue weighted by molar-refractivity contribution is 0.0955. The lowest BCUT2D eigenvalue weighted by Gasteiger charge is -2.06. The van der Waals surface area contributed by atoms with E-state index in [1.807, 2.05) is 13.0 Å². The third-order valence-electron chi connectivity index (χ3n) is 3.02. The van der Waals surface area contributed by atoms with Gasteiger partial charge in [-0.3, -0.25) is 4.79 Å². The molecule has 0 unspecified atom stereocenters. The second-order valence-corrected chi connectivity index (χ2v) is 7.84. The van der Waals surface area contributed by atoms with Crippen molar-refractivity contribution in [1.82, 2.24) is 10.0 Å². The number of phenols is 1. The summed E-state index contributed by atoms with van der Waals surface area (Å²) in [5.74, 6) is -0.271. The average Bonchev–Trinajstić information content (AvgIpc) is 2.96. The Morgan fingerprint density at radius 2 is 2.00 bits per heavy atom. The van der Waals surface area contributed by atoms with Crippen LogP contribution in [0.5, 0.6) is 5.75 Å². The van der Waals surface area contributed by atoms with Gasteiger partial charge < -0.3 is 10.4 Å².